The molecule has 2 N–H and O–H groups in total. The van der Waals surface area contributed by atoms with E-state index in [1.54, 1.807) is 38.2 Å². The van der Waals surface area contributed by atoms with Crippen molar-refractivity contribution >= 4 is 21.4 Å². The van der Waals surface area contributed by atoms with E-state index in [0.29, 0.717) is 22.5 Å². The van der Waals surface area contributed by atoms with Gasteiger partial charge in [-0.25, -0.2) is 8.42 Å². The van der Waals surface area contributed by atoms with E-state index in [-0.39, 0.29) is 4.90 Å². The maximum atomic E-state index is 12.9. The molecule has 0 aliphatic carbocycles. The fourth-order valence-electron chi connectivity index (χ4n) is 2.39. The second-order valence-corrected chi connectivity index (χ2v) is 6.97. The van der Waals surface area contributed by atoms with Crippen molar-refractivity contribution in [1.29, 1.82) is 0 Å². The summed E-state index contributed by atoms with van der Waals surface area (Å²) in [5, 5.41) is 0. The van der Waals surface area contributed by atoms with Crippen LogP contribution in [0, 0.1) is 20.8 Å². The predicted molar refractivity (Wildman–Crippen MR) is 84.9 cm³/mol. The van der Waals surface area contributed by atoms with E-state index in [1.807, 2.05) is 6.92 Å². The maximum absolute atomic E-state index is 12.9. The minimum absolute atomic E-state index is 0.261. The molecular formula is C15H19N3O2S. The normalized spacial score (nSPS) is 11.4. The number of rotatable bonds is 3. The smallest absolute Gasteiger partial charge is 0.264 e. The number of nitrogen functional groups attached to an aromatic ring is 1. The summed E-state index contributed by atoms with van der Waals surface area (Å²) in [6, 6.07) is 5.20. The van der Waals surface area contributed by atoms with Crippen LogP contribution in [0.25, 0.3) is 0 Å². The number of nitrogens with two attached hydrogens (primary N) is 1. The van der Waals surface area contributed by atoms with Crippen LogP contribution in [0.5, 0.6) is 0 Å². The van der Waals surface area contributed by atoms with E-state index >= 15 is 0 Å². The van der Waals surface area contributed by atoms with Crippen molar-refractivity contribution in [3.05, 3.63) is 47.3 Å². The molecule has 112 valence electrons. The van der Waals surface area contributed by atoms with Crippen LogP contribution >= 0.6 is 0 Å². The van der Waals surface area contributed by atoms with Gasteiger partial charge in [-0.1, -0.05) is 6.07 Å². The lowest BCUT2D eigenvalue weighted by molar-refractivity contribution is 0.593. The highest BCUT2D eigenvalue weighted by molar-refractivity contribution is 7.93. The van der Waals surface area contributed by atoms with E-state index in [2.05, 4.69) is 4.98 Å². The van der Waals surface area contributed by atoms with Crippen molar-refractivity contribution in [2.75, 3.05) is 17.1 Å². The number of hydrogen-bond donors (Lipinski definition) is 1. The van der Waals surface area contributed by atoms with Crippen LogP contribution in [0.3, 0.4) is 0 Å². The number of hydrogen-bond acceptors (Lipinski definition) is 4. The summed E-state index contributed by atoms with van der Waals surface area (Å²) in [5.41, 5.74) is 9.17. The molecule has 0 radical (unpaired) electrons. The van der Waals surface area contributed by atoms with Gasteiger partial charge in [0, 0.05) is 18.9 Å². The minimum atomic E-state index is -3.68. The zero-order valence-corrected chi connectivity index (χ0v) is 13.4. The molecule has 0 bridgehead atoms. The Balaban J connectivity index is 2.63. The predicted octanol–water partition coefficient (Wildman–Crippen LogP) is 2.41. The molecule has 0 spiro atoms. The number of sulfonamides is 1. The molecule has 1 heterocycles. The van der Waals surface area contributed by atoms with Crippen molar-refractivity contribution in [1.82, 2.24) is 4.98 Å². The molecule has 0 aliphatic rings. The first-order chi connectivity index (χ1) is 9.76. The summed E-state index contributed by atoms with van der Waals surface area (Å²) in [7, 11) is -2.16. The molecular weight excluding hydrogens is 286 g/mol. The summed E-state index contributed by atoms with van der Waals surface area (Å²) < 4.78 is 27.0. The highest BCUT2D eigenvalue weighted by Crippen LogP contribution is 2.31. The SMILES string of the molecule is Cc1cc(C)c(S(=O)(=O)N(C)c2cccnc2)c(C)c1N. The molecule has 2 rings (SSSR count). The first-order valence-electron chi connectivity index (χ1n) is 6.52. The Kier molecular flexibility index (Phi) is 3.91. The molecule has 0 amide bonds. The molecule has 5 nitrogen and oxygen atoms in total. The Bertz CT molecular complexity index is 771. The standard InChI is InChI=1S/C15H19N3O2S/c1-10-8-11(2)15(12(3)14(10)16)21(19,20)18(4)13-6-5-7-17-9-13/h5-9H,16H2,1-4H3. The third-order valence-corrected chi connectivity index (χ3v) is 5.66. The molecule has 0 atom stereocenters. The van der Waals surface area contributed by atoms with Gasteiger partial charge in [0.05, 0.1) is 16.8 Å². The molecule has 0 fully saturated rings. The number of pyridine rings is 1. The Morgan fingerprint density at radius 2 is 1.86 bits per heavy atom. The van der Waals surface area contributed by atoms with Crippen LogP contribution in [-0.4, -0.2) is 20.4 Å². The number of aryl methyl sites for hydroxylation is 2. The molecule has 1 aromatic heterocycles. The van der Waals surface area contributed by atoms with Gasteiger partial charge in [-0.05, 0) is 49.6 Å². The van der Waals surface area contributed by atoms with Crippen molar-refractivity contribution in [3.8, 4) is 0 Å². The average Bonchev–Trinajstić information content (AvgIpc) is 2.44. The van der Waals surface area contributed by atoms with Crippen LogP contribution in [0.1, 0.15) is 16.7 Å². The first-order valence-corrected chi connectivity index (χ1v) is 7.96. The number of anilines is 2. The Hall–Kier alpha value is -2.08. The molecule has 21 heavy (non-hydrogen) atoms. The summed E-state index contributed by atoms with van der Waals surface area (Å²) in [4.78, 5) is 4.22. The van der Waals surface area contributed by atoms with Gasteiger partial charge in [0.2, 0.25) is 0 Å². The van der Waals surface area contributed by atoms with Crippen LogP contribution in [0.4, 0.5) is 11.4 Å². The Morgan fingerprint density at radius 3 is 2.43 bits per heavy atom. The van der Waals surface area contributed by atoms with Crippen molar-refractivity contribution in [2.24, 2.45) is 0 Å². The minimum Gasteiger partial charge on any atom is -0.398 e. The fourth-order valence-corrected chi connectivity index (χ4v) is 4.02. The van der Waals surface area contributed by atoms with Gasteiger partial charge in [0.15, 0.2) is 0 Å². The summed E-state index contributed by atoms with van der Waals surface area (Å²) in [5.74, 6) is 0. The van der Waals surface area contributed by atoms with E-state index in [1.165, 1.54) is 17.5 Å². The van der Waals surface area contributed by atoms with Gasteiger partial charge in [-0.2, -0.15) is 0 Å². The summed E-state index contributed by atoms with van der Waals surface area (Å²) >= 11 is 0. The van der Waals surface area contributed by atoms with Crippen LogP contribution < -0.4 is 10.0 Å². The van der Waals surface area contributed by atoms with E-state index in [9.17, 15) is 8.42 Å². The van der Waals surface area contributed by atoms with E-state index < -0.39 is 10.0 Å². The molecule has 1 aromatic carbocycles. The highest BCUT2D eigenvalue weighted by atomic mass is 32.2. The molecule has 0 aliphatic heterocycles. The lowest BCUT2D eigenvalue weighted by Crippen LogP contribution is -2.28. The van der Waals surface area contributed by atoms with Gasteiger partial charge in [-0.15, -0.1) is 0 Å². The largest absolute Gasteiger partial charge is 0.398 e. The van der Waals surface area contributed by atoms with Crippen LogP contribution in [-0.2, 0) is 10.0 Å². The molecule has 2 aromatic rings. The number of aromatic nitrogens is 1. The van der Waals surface area contributed by atoms with Crippen LogP contribution in [0.2, 0.25) is 0 Å². The second-order valence-electron chi connectivity index (χ2n) is 5.06. The monoisotopic (exact) mass is 305 g/mol. The quantitative estimate of drug-likeness (QED) is 0.884. The lowest BCUT2D eigenvalue weighted by atomic mass is 10.1. The zero-order valence-electron chi connectivity index (χ0n) is 12.6. The van der Waals surface area contributed by atoms with Gasteiger partial charge in [0.1, 0.15) is 0 Å². The summed E-state index contributed by atoms with van der Waals surface area (Å²) in [6.07, 6.45) is 3.12. The molecule has 6 heteroatoms. The topological polar surface area (TPSA) is 76.3 Å². The fraction of sp³-hybridized carbons (Fsp3) is 0.267. The second kappa shape index (κ2) is 5.37. The zero-order chi connectivity index (χ0) is 15.8. The third-order valence-electron chi connectivity index (χ3n) is 3.59. The molecule has 0 saturated carbocycles. The van der Waals surface area contributed by atoms with Crippen LogP contribution in [0.15, 0.2) is 35.5 Å². The highest BCUT2D eigenvalue weighted by Gasteiger charge is 2.26. The van der Waals surface area contributed by atoms with Gasteiger partial charge >= 0.3 is 0 Å². The average molecular weight is 305 g/mol. The van der Waals surface area contributed by atoms with E-state index in [4.69, 9.17) is 5.73 Å². The van der Waals surface area contributed by atoms with Crippen molar-refractivity contribution in [3.63, 3.8) is 0 Å². The van der Waals surface area contributed by atoms with Gasteiger partial charge in [-0.3, -0.25) is 9.29 Å². The maximum Gasteiger partial charge on any atom is 0.264 e. The number of benzene rings is 1. The Labute approximate surface area is 125 Å². The third kappa shape index (κ3) is 2.58. The Morgan fingerprint density at radius 1 is 1.19 bits per heavy atom. The molecule has 0 unspecified atom stereocenters. The van der Waals surface area contributed by atoms with Gasteiger partial charge < -0.3 is 5.73 Å². The van der Waals surface area contributed by atoms with Crippen molar-refractivity contribution < 1.29 is 8.42 Å². The number of nitrogens with zero attached hydrogens (tertiary/aromatic N) is 2. The lowest BCUT2D eigenvalue weighted by Gasteiger charge is -2.22. The van der Waals surface area contributed by atoms with Gasteiger partial charge in [0.25, 0.3) is 10.0 Å². The first kappa shape index (κ1) is 15.3. The summed E-state index contributed by atoms with van der Waals surface area (Å²) in [6.45, 7) is 5.39. The van der Waals surface area contributed by atoms with E-state index in [0.717, 1.165) is 5.56 Å². The molecule has 0 saturated heterocycles. The van der Waals surface area contributed by atoms with Crippen molar-refractivity contribution in [2.45, 2.75) is 25.7 Å².